The number of allylic oxidation sites excluding steroid dienone is 2. The Morgan fingerprint density at radius 2 is 2.00 bits per heavy atom. The highest BCUT2D eigenvalue weighted by Crippen LogP contribution is 2.51. The van der Waals surface area contributed by atoms with E-state index in [0.717, 1.165) is 63.7 Å². The van der Waals surface area contributed by atoms with Crippen molar-refractivity contribution >= 4 is 17.0 Å². The molecule has 0 saturated carbocycles. The van der Waals surface area contributed by atoms with Gasteiger partial charge < -0.3 is 10.6 Å². The molecule has 7 heteroatoms. The van der Waals surface area contributed by atoms with Gasteiger partial charge in [-0.15, -0.1) is 17.9 Å². The van der Waals surface area contributed by atoms with Crippen LogP contribution in [-0.4, -0.2) is 35.8 Å². The van der Waals surface area contributed by atoms with Crippen LogP contribution in [0.25, 0.3) is 11.3 Å². The van der Waals surface area contributed by atoms with Crippen LogP contribution in [0.2, 0.25) is 0 Å². The lowest BCUT2D eigenvalue weighted by molar-refractivity contribution is 0.276. The number of hydrazine groups is 2. The predicted molar refractivity (Wildman–Crippen MR) is 192 cm³/mol. The summed E-state index contributed by atoms with van der Waals surface area (Å²) in [6, 6.07) is 7.35. The Morgan fingerprint density at radius 3 is 2.66 bits per heavy atom. The molecule has 2 unspecified atom stereocenters. The molecule has 0 bridgehead atoms. The average Bonchev–Trinajstić information content (AvgIpc) is 3.60. The van der Waals surface area contributed by atoms with E-state index in [1.54, 1.807) is 17.5 Å². The number of thiazole rings is 1. The fraction of sp³-hybridized carbons (Fsp3) is 0.541. The molecule has 6 nitrogen and oxygen atoms in total. The van der Waals surface area contributed by atoms with Crippen molar-refractivity contribution in [1.29, 1.82) is 0 Å². The molecule has 3 rings (SSSR count). The molecule has 0 spiro atoms. The zero-order chi connectivity index (χ0) is 32.3. The molecule has 2 heterocycles. The van der Waals surface area contributed by atoms with E-state index in [1.165, 1.54) is 38.1 Å². The van der Waals surface area contributed by atoms with Crippen molar-refractivity contribution < 1.29 is 0 Å². The zero-order valence-electron chi connectivity index (χ0n) is 28.2. The number of likely N-dealkylation sites (N-methyl/N-ethyl adjacent to an activating group) is 1. The van der Waals surface area contributed by atoms with E-state index in [0.29, 0.717) is 18.4 Å². The summed E-state index contributed by atoms with van der Waals surface area (Å²) in [5.74, 6) is 6.52. The molecule has 0 amide bonds. The van der Waals surface area contributed by atoms with E-state index in [4.69, 9.17) is 16.6 Å². The topological polar surface area (TPSA) is 83.4 Å². The lowest BCUT2D eigenvalue weighted by Crippen LogP contribution is -2.39. The molecule has 2 atom stereocenters. The highest BCUT2D eigenvalue weighted by atomic mass is 32.1. The Bertz CT molecular complexity index is 1270. The number of nitrogens with one attached hydrogen (secondary N) is 1. The van der Waals surface area contributed by atoms with Gasteiger partial charge in [0.1, 0.15) is 0 Å². The first-order valence-corrected chi connectivity index (χ1v) is 17.4. The molecule has 242 valence electrons. The van der Waals surface area contributed by atoms with Crippen LogP contribution in [0.5, 0.6) is 0 Å². The SMILES string of the molecule is C=CCCC(C)(C)CC1c2cc(-c3csc(CCCCCNN(N)C=C)n3)ccc2N(CC)C1C(/C=C\CN)=C(/C)C(C)C. The number of nitrogens with two attached hydrogens (primary N) is 2. The maximum Gasteiger partial charge on any atom is 0.0932 e. The third-order valence-electron chi connectivity index (χ3n) is 9.07. The largest absolute Gasteiger partial charge is 0.364 e. The molecule has 0 radical (unpaired) electrons. The van der Waals surface area contributed by atoms with Gasteiger partial charge in [0.2, 0.25) is 0 Å². The van der Waals surface area contributed by atoms with Crippen LogP contribution in [0.15, 0.2) is 72.3 Å². The Balaban J connectivity index is 1.94. The van der Waals surface area contributed by atoms with E-state index in [1.807, 2.05) is 0 Å². The van der Waals surface area contributed by atoms with E-state index in [2.05, 4.69) is 107 Å². The normalized spacial score (nSPS) is 17.3. The molecule has 0 fully saturated rings. The van der Waals surface area contributed by atoms with Crippen molar-refractivity contribution in [3.63, 3.8) is 0 Å². The molecule has 1 aromatic heterocycles. The van der Waals surface area contributed by atoms with E-state index in [9.17, 15) is 0 Å². The van der Waals surface area contributed by atoms with Crippen LogP contribution in [0.3, 0.4) is 0 Å². The van der Waals surface area contributed by atoms with Crippen LogP contribution >= 0.6 is 11.3 Å². The number of unbranched alkanes of at least 4 members (excludes halogenated alkanes) is 2. The summed E-state index contributed by atoms with van der Waals surface area (Å²) in [7, 11) is 0. The Kier molecular flexibility index (Phi) is 13.9. The minimum absolute atomic E-state index is 0.181. The minimum atomic E-state index is 0.181. The predicted octanol–water partition coefficient (Wildman–Crippen LogP) is 8.51. The van der Waals surface area contributed by atoms with Gasteiger partial charge in [0.15, 0.2) is 0 Å². The molecule has 0 aliphatic carbocycles. The standard InChI is InChI=1S/C37H58N6S/c1-9-12-21-37(7,8)25-32-31-24-29(33-26-44-35(41-33)18-14-13-15-23-40-43(39)11-3)19-20-34(31)42(10-2)36(32)30(17-16-22-38)28(6)27(4)5/h9,11,16-17,19-20,24,26-27,32,36,40H,1,3,10,12-15,18,21-23,25,38-39H2,2,4-8H3/b17-16-,30-28-. The zero-order valence-corrected chi connectivity index (χ0v) is 29.1. The van der Waals surface area contributed by atoms with Gasteiger partial charge >= 0.3 is 0 Å². The van der Waals surface area contributed by atoms with Crippen molar-refractivity contribution in [2.24, 2.45) is 22.9 Å². The van der Waals surface area contributed by atoms with Crippen LogP contribution in [-0.2, 0) is 6.42 Å². The Labute approximate surface area is 271 Å². The van der Waals surface area contributed by atoms with Gasteiger partial charge in [0.05, 0.1) is 16.7 Å². The van der Waals surface area contributed by atoms with Gasteiger partial charge in [-0.2, -0.15) is 0 Å². The van der Waals surface area contributed by atoms with Crippen molar-refractivity contribution in [3.05, 3.63) is 82.9 Å². The maximum atomic E-state index is 6.00. The van der Waals surface area contributed by atoms with E-state index in [-0.39, 0.29) is 11.5 Å². The molecule has 5 N–H and O–H groups in total. The minimum Gasteiger partial charge on any atom is -0.364 e. The quantitative estimate of drug-likeness (QED) is 0.0481. The second-order valence-electron chi connectivity index (χ2n) is 13.2. The third-order valence-corrected chi connectivity index (χ3v) is 9.98. The molecule has 1 aliphatic rings. The summed E-state index contributed by atoms with van der Waals surface area (Å²) in [6.45, 7) is 24.1. The first-order chi connectivity index (χ1) is 21.1. The summed E-state index contributed by atoms with van der Waals surface area (Å²) in [5, 5.41) is 4.86. The monoisotopic (exact) mass is 618 g/mol. The van der Waals surface area contributed by atoms with Gasteiger partial charge in [-0.25, -0.2) is 16.3 Å². The number of nitrogens with zero attached hydrogens (tertiary/aromatic N) is 3. The molecule has 1 aliphatic heterocycles. The first kappa shape index (κ1) is 35.8. The summed E-state index contributed by atoms with van der Waals surface area (Å²) in [5.41, 5.74) is 17.3. The van der Waals surface area contributed by atoms with Crippen LogP contribution in [0, 0.1) is 11.3 Å². The first-order valence-electron chi connectivity index (χ1n) is 16.5. The van der Waals surface area contributed by atoms with Crippen LogP contribution < -0.4 is 21.9 Å². The van der Waals surface area contributed by atoms with Crippen LogP contribution in [0.4, 0.5) is 5.69 Å². The number of hydrogen-bond donors (Lipinski definition) is 3. The average molecular weight is 619 g/mol. The third kappa shape index (κ3) is 9.40. The molecular weight excluding hydrogens is 561 g/mol. The number of hydrogen-bond acceptors (Lipinski definition) is 7. The maximum absolute atomic E-state index is 6.00. The molecule has 44 heavy (non-hydrogen) atoms. The highest BCUT2D eigenvalue weighted by Gasteiger charge is 2.42. The van der Waals surface area contributed by atoms with E-state index >= 15 is 0 Å². The number of anilines is 1. The van der Waals surface area contributed by atoms with Crippen LogP contribution in [0.1, 0.15) is 96.6 Å². The summed E-state index contributed by atoms with van der Waals surface area (Å²) in [4.78, 5) is 7.73. The number of aryl methyl sites for hydroxylation is 1. The Morgan fingerprint density at radius 1 is 1.23 bits per heavy atom. The van der Waals surface area contributed by atoms with Gasteiger partial charge in [-0.3, -0.25) is 5.12 Å². The van der Waals surface area contributed by atoms with Crippen molar-refractivity contribution in [2.45, 2.75) is 98.4 Å². The Hall–Kier alpha value is -2.71. The second kappa shape index (κ2) is 17.1. The highest BCUT2D eigenvalue weighted by molar-refractivity contribution is 7.09. The molecule has 2 aromatic rings. The second-order valence-corrected chi connectivity index (χ2v) is 14.1. The molecule has 1 aromatic carbocycles. The van der Waals surface area contributed by atoms with Crippen molar-refractivity contribution in [2.75, 3.05) is 24.5 Å². The summed E-state index contributed by atoms with van der Waals surface area (Å²) in [6.07, 6.45) is 15.7. The smallest absolute Gasteiger partial charge is 0.0932 e. The lowest BCUT2D eigenvalue weighted by Gasteiger charge is -2.36. The molecular formula is C37H58N6S. The van der Waals surface area contributed by atoms with Gasteiger partial charge in [-0.1, -0.05) is 70.6 Å². The van der Waals surface area contributed by atoms with Gasteiger partial charge in [0.25, 0.3) is 0 Å². The number of fused-ring (bicyclic) bond motifs is 1. The number of rotatable bonds is 19. The van der Waals surface area contributed by atoms with Crippen molar-refractivity contribution in [3.8, 4) is 11.3 Å². The number of benzene rings is 1. The fourth-order valence-electron chi connectivity index (χ4n) is 6.37. The molecule has 0 saturated heterocycles. The van der Waals surface area contributed by atoms with Gasteiger partial charge in [-0.05, 0) is 87.0 Å². The number of aromatic nitrogens is 1. The summed E-state index contributed by atoms with van der Waals surface area (Å²) < 4.78 is 0. The van der Waals surface area contributed by atoms with Crippen molar-refractivity contribution in [1.82, 2.24) is 15.5 Å². The fourth-order valence-corrected chi connectivity index (χ4v) is 7.22. The lowest BCUT2D eigenvalue weighted by atomic mass is 9.73. The van der Waals surface area contributed by atoms with Gasteiger partial charge in [0, 0.05) is 48.4 Å². The summed E-state index contributed by atoms with van der Waals surface area (Å²) >= 11 is 1.78. The van der Waals surface area contributed by atoms with E-state index < -0.39 is 0 Å².